The summed E-state index contributed by atoms with van der Waals surface area (Å²) in [6, 6.07) is 5.15. The fourth-order valence-corrected chi connectivity index (χ4v) is 3.84. The van der Waals surface area contributed by atoms with Gasteiger partial charge in [0.1, 0.15) is 5.82 Å². The number of amides is 1. The Morgan fingerprint density at radius 3 is 2.48 bits per heavy atom. The van der Waals surface area contributed by atoms with E-state index in [1.165, 1.54) is 22.8 Å². The number of aromatic nitrogens is 1. The summed E-state index contributed by atoms with van der Waals surface area (Å²) in [6.07, 6.45) is -0.135. The molecule has 0 bridgehead atoms. The van der Waals surface area contributed by atoms with Crippen LogP contribution in [0.25, 0.3) is 10.9 Å². The molecule has 1 atom stereocenters. The minimum absolute atomic E-state index is 0.0165. The van der Waals surface area contributed by atoms with E-state index in [1.54, 1.807) is 13.8 Å². The van der Waals surface area contributed by atoms with Crippen LogP contribution >= 0.6 is 11.6 Å². The summed E-state index contributed by atoms with van der Waals surface area (Å²) >= 11 is 5.69. The number of hydrogen-bond acceptors (Lipinski definition) is 4. The van der Waals surface area contributed by atoms with E-state index in [-0.39, 0.29) is 35.4 Å². The summed E-state index contributed by atoms with van der Waals surface area (Å²) in [4.78, 5) is 36.2. The maximum Gasteiger partial charge on any atom is 0.305 e. The van der Waals surface area contributed by atoms with Crippen LogP contribution in [0.1, 0.15) is 41.4 Å². The molecule has 3 N–H and O–H groups in total. The van der Waals surface area contributed by atoms with Crippen molar-refractivity contribution in [3.8, 4) is 5.75 Å². The van der Waals surface area contributed by atoms with Crippen LogP contribution in [0.2, 0.25) is 5.02 Å². The number of hydrogen-bond donors (Lipinski definition) is 3. The topological polar surface area (TPSA) is 109 Å². The van der Waals surface area contributed by atoms with E-state index in [2.05, 4.69) is 5.32 Å². The third-order valence-electron chi connectivity index (χ3n) is 5.26. The van der Waals surface area contributed by atoms with E-state index >= 15 is 0 Å². The molecule has 1 amide bonds. The molecule has 0 unspecified atom stereocenters. The standard InChI is InChI=1S/C23H21ClF2N2O5/c1-11(7-22(31)32)27-21(30)6-4-14-12(2)28(19-10-18(26)20(29)9-15(14)19)23(33)13-3-5-16(24)17(25)8-13/h3,5,8-11,29H,4,6-7H2,1-2H3,(H,27,30)(H,31,32)/t11-/m0/s1. The van der Waals surface area contributed by atoms with Crippen molar-refractivity contribution in [2.75, 3.05) is 0 Å². The lowest BCUT2D eigenvalue weighted by molar-refractivity contribution is -0.137. The molecule has 0 aliphatic rings. The number of fused-ring (bicyclic) bond motifs is 1. The van der Waals surface area contributed by atoms with Crippen molar-refractivity contribution in [2.45, 2.75) is 39.2 Å². The minimum atomic E-state index is -1.05. The number of aryl methyl sites for hydroxylation is 1. The quantitative estimate of drug-likeness (QED) is 0.472. The van der Waals surface area contributed by atoms with Gasteiger partial charge in [0.2, 0.25) is 5.91 Å². The fraction of sp³-hybridized carbons (Fsp3) is 0.261. The molecule has 10 heteroatoms. The smallest absolute Gasteiger partial charge is 0.305 e. The van der Waals surface area contributed by atoms with E-state index in [1.807, 2.05) is 0 Å². The Balaban J connectivity index is 1.99. The Morgan fingerprint density at radius 1 is 1.15 bits per heavy atom. The molecular formula is C23H21ClF2N2O5. The monoisotopic (exact) mass is 478 g/mol. The highest BCUT2D eigenvalue weighted by atomic mass is 35.5. The van der Waals surface area contributed by atoms with E-state index in [0.29, 0.717) is 16.6 Å². The number of phenolic OH excluding ortho intramolecular Hbond substituents is 1. The average molecular weight is 479 g/mol. The number of halogens is 3. The molecule has 0 spiro atoms. The molecule has 2 aromatic carbocycles. The van der Waals surface area contributed by atoms with Gasteiger partial charge in [-0.2, -0.15) is 0 Å². The van der Waals surface area contributed by atoms with E-state index < -0.39 is 41.2 Å². The Labute approximate surface area is 192 Å². The highest BCUT2D eigenvalue weighted by molar-refractivity contribution is 6.30. The highest BCUT2D eigenvalue weighted by Crippen LogP contribution is 2.32. The number of phenols is 1. The first kappa shape index (κ1) is 24.2. The van der Waals surface area contributed by atoms with Gasteiger partial charge in [-0.15, -0.1) is 0 Å². The lowest BCUT2D eigenvalue weighted by atomic mass is 10.0. The number of carboxylic acids is 1. The number of carbonyl (C=O) groups excluding carboxylic acids is 2. The van der Waals surface area contributed by atoms with Crippen LogP contribution in [0.4, 0.5) is 8.78 Å². The van der Waals surface area contributed by atoms with Gasteiger partial charge < -0.3 is 15.5 Å². The Kier molecular flexibility index (Phi) is 7.02. The zero-order chi connectivity index (χ0) is 24.4. The Hall–Kier alpha value is -3.46. The largest absolute Gasteiger partial charge is 0.505 e. The average Bonchev–Trinajstić information content (AvgIpc) is 2.98. The Bertz CT molecular complexity index is 1270. The predicted molar refractivity (Wildman–Crippen MR) is 118 cm³/mol. The molecular weight excluding hydrogens is 458 g/mol. The van der Waals surface area contributed by atoms with Crippen LogP contribution in [-0.4, -0.2) is 38.6 Å². The zero-order valence-corrected chi connectivity index (χ0v) is 18.5. The molecule has 0 saturated heterocycles. The molecule has 0 saturated carbocycles. The van der Waals surface area contributed by atoms with Gasteiger partial charge in [-0.25, -0.2) is 8.78 Å². The van der Waals surface area contributed by atoms with Gasteiger partial charge in [0, 0.05) is 35.2 Å². The summed E-state index contributed by atoms with van der Waals surface area (Å²) in [6.45, 7) is 3.16. The molecule has 1 aromatic heterocycles. The normalized spacial score (nSPS) is 12.0. The molecule has 33 heavy (non-hydrogen) atoms. The first-order chi connectivity index (χ1) is 15.5. The zero-order valence-electron chi connectivity index (χ0n) is 17.8. The van der Waals surface area contributed by atoms with E-state index in [4.69, 9.17) is 16.7 Å². The van der Waals surface area contributed by atoms with E-state index in [9.17, 15) is 28.3 Å². The second kappa shape index (κ2) is 9.58. The number of benzene rings is 2. The van der Waals surface area contributed by atoms with Crippen molar-refractivity contribution in [3.63, 3.8) is 0 Å². The minimum Gasteiger partial charge on any atom is -0.505 e. The SMILES string of the molecule is Cc1c(CCC(=O)N[C@@H](C)CC(=O)O)c2cc(O)c(F)cc2n1C(=O)c1ccc(Cl)c(F)c1. The number of aliphatic carboxylic acids is 1. The van der Waals surface area contributed by atoms with Crippen LogP contribution < -0.4 is 5.32 Å². The van der Waals surface area contributed by atoms with Gasteiger partial charge in [-0.05, 0) is 50.1 Å². The van der Waals surface area contributed by atoms with Gasteiger partial charge in [-0.1, -0.05) is 11.6 Å². The number of carboxylic acid groups (broad SMARTS) is 1. The summed E-state index contributed by atoms with van der Waals surface area (Å²) in [7, 11) is 0. The Morgan fingerprint density at radius 2 is 1.85 bits per heavy atom. The van der Waals surface area contributed by atoms with Crippen LogP contribution in [0, 0.1) is 18.6 Å². The first-order valence-corrected chi connectivity index (χ1v) is 10.4. The van der Waals surface area contributed by atoms with Gasteiger partial charge in [-0.3, -0.25) is 19.0 Å². The second-order valence-electron chi connectivity index (χ2n) is 7.72. The summed E-state index contributed by atoms with van der Waals surface area (Å²) in [5.41, 5.74) is 1.04. The molecule has 0 fully saturated rings. The summed E-state index contributed by atoms with van der Waals surface area (Å²) in [5.74, 6) is -4.43. The van der Waals surface area contributed by atoms with Crippen LogP contribution in [-0.2, 0) is 16.0 Å². The summed E-state index contributed by atoms with van der Waals surface area (Å²) in [5, 5.41) is 21.5. The van der Waals surface area contributed by atoms with E-state index in [0.717, 1.165) is 12.1 Å². The lowest BCUT2D eigenvalue weighted by Crippen LogP contribution is -2.34. The van der Waals surface area contributed by atoms with Crippen molar-refractivity contribution in [1.82, 2.24) is 9.88 Å². The van der Waals surface area contributed by atoms with Gasteiger partial charge >= 0.3 is 5.97 Å². The number of carbonyl (C=O) groups is 3. The summed E-state index contributed by atoms with van der Waals surface area (Å²) < 4.78 is 29.3. The first-order valence-electron chi connectivity index (χ1n) is 10.0. The van der Waals surface area contributed by atoms with Crippen molar-refractivity contribution >= 4 is 40.3 Å². The molecule has 0 radical (unpaired) electrons. The third kappa shape index (κ3) is 5.14. The molecule has 7 nitrogen and oxygen atoms in total. The third-order valence-corrected chi connectivity index (χ3v) is 5.57. The molecule has 174 valence electrons. The molecule has 0 aliphatic carbocycles. The second-order valence-corrected chi connectivity index (χ2v) is 8.13. The number of aromatic hydroxyl groups is 1. The maximum atomic E-state index is 14.2. The maximum absolute atomic E-state index is 14.2. The van der Waals surface area contributed by atoms with Crippen LogP contribution in [0.15, 0.2) is 30.3 Å². The number of nitrogens with zero attached hydrogens (tertiary/aromatic N) is 1. The lowest BCUT2D eigenvalue weighted by Gasteiger charge is -2.11. The number of nitrogens with one attached hydrogen (secondary N) is 1. The molecule has 3 rings (SSSR count). The van der Waals surface area contributed by atoms with Crippen molar-refractivity contribution in [2.24, 2.45) is 0 Å². The van der Waals surface area contributed by atoms with Crippen molar-refractivity contribution in [3.05, 3.63) is 63.8 Å². The highest BCUT2D eigenvalue weighted by Gasteiger charge is 2.23. The predicted octanol–water partition coefficient (Wildman–Crippen LogP) is 4.19. The molecule has 0 aliphatic heterocycles. The fourth-order valence-electron chi connectivity index (χ4n) is 3.72. The van der Waals surface area contributed by atoms with Crippen LogP contribution in [0.5, 0.6) is 5.75 Å². The van der Waals surface area contributed by atoms with Crippen LogP contribution in [0.3, 0.4) is 0 Å². The van der Waals surface area contributed by atoms with Gasteiger partial charge in [0.05, 0.1) is 17.0 Å². The van der Waals surface area contributed by atoms with Crippen molar-refractivity contribution < 1.29 is 33.4 Å². The van der Waals surface area contributed by atoms with Crippen molar-refractivity contribution in [1.29, 1.82) is 0 Å². The van der Waals surface area contributed by atoms with Gasteiger partial charge in [0.15, 0.2) is 11.6 Å². The molecule has 3 aromatic rings. The molecule has 1 heterocycles. The number of rotatable bonds is 7. The van der Waals surface area contributed by atoms with Gasteiger partial charge in [0.25, 0.3) is 5.91 Å².